The minimum absolute atomic E-state index is 0.0427. The number of rotatable bonds is 3. The summed E-state index contributed by atoms with van der Waals surface area (Å²) in [6.07, 6.45) is 4.51. The fourth-order valence-electron chi connectivity index (χ4n) is 4.42. The van der Waals surface area contributed by atoms with Gasteiger partial charge in [0.2, 0.25) is 0 Å². The van der Waals surface area contributed by atoms with E-state index in [2.05, 4.69) is 4.98 Å². The molecule has 0 saturated carbocycles. The van der Waals surface area contributed by atoms with Crippen LogP contribution >= 0.6 is 22.9 Å². The minimum atomic E-state index is -3.56. The molecule has 1 amide bonds. The monoisotopic (exact) mass is 463 g/mol. The molecule has 30 heavy (non-hydrogen) atoms. The molecule has 5 rings (SSSR count). The van der Waals surface area contributed by atoms with Gasteiger partial charge < -0.3 is 9.88 Å². The third-order valence-electron chi connectivity index (χ3n) is 6.01. The summed E-state index contributed by atoms with van der Waals surface area (Å²) < 4.78 is 27.7. The van der Waals surface area contributed by atoms with Gasteiger partial charge in [0.15, 0.2) is 0 Å². The van der Waals surface area contributed by atoms with Gasteiger partial charge in [0.05, 0.1) is 4.34 Å². The fraction of sp³-hybridized carbons (Fsp3) is 0.381. The molecule has 3 aromatic rings. The number of carbonyl (C=O) groups excluding carboxylic acids is 1. The Morgan fingerprint density at radius 2 is 1.80 bits per heavy atom. The number of sulfonamides is 1. The van der Waals surface area contributed by atoms with Crippen molar-refractivity contribution in [2.45, 2.75) is 29.9 Å². The number of H-pyrrole nitrogens is 1. The number of carbonyl (C=O) groups is 1. The van der Waals surface area contributed by atoms with Gasteiger partial charge in [-0.15, -0.1) is 11.3 Å². The van der Waals surface area contributed by atoms with E-state index in [4.69, 9.17) is 11.6 Å². The highest BCUT2D eigenvalue weighted by Crippen LogP contribution is 2.31. The molecule has 1 fully saturated rings. The number of benzene rings is 1. The summed E-state index contributed by atoms with van der Waals surface area (Å²) in [6.45, 7) is 1.32. The number of nitrogens with one attached hydrogen (secondary N) is 1. The number of fused-ring (bicyclic) bond motifs is 3. The lowest BCUT2D eigenvalue weighted by Gasteiger charge is -2.33. The summed E-state index contributed by atoms with van der Waals surface area (Å²) in [5.41, 5.74) is 4.39. The van der Waals surface area contributed by atoms with Crippen LogP contribution in [0.5, 0.6) is 0 Å². The van der Waals surface area contributed by atoms with E-state index in [-0.39, 0.29) is 23.2 Å². The SMILES string of the molecule is O=C(c1ccc2[nH]c3c(c2c1)CCCC3)N1CCN(S(=O)(=O)c2ccc(Cl)s2)CC1. The van der Waals surface area contributed by atoms with Crippen LogP contribution in [0.1, 0.15) is 34.5 Å². The van der Waals surface area contributed by atoms with Crippen molar-refractivity contribution in [2.24, 2.45) is 0 Å². The predicted molar refractivity (Wildman–Crippen MR) is 119 cm³/mol. The summed E-state index contributed by atoms with van der Waals surface area (Å²) in [5, 5.41) is 1.14. The maximum atomic E-state index is 13.1. The molecule has 0 bridgehead atoms. The van der Waals surface area contributed by atoms with Crippen LogP contribution in [0.15, 0.2) is 34.5 Å². The first kappa shape index (κ1) is 20.1. The van der Waals surface area contributed by atoms with Gasteiger partial charge in [-0.2, -0.15) is 4.31 Å². The number of amides is 1. The molecule has 1 aliphatic carbocycles. The van der Waals surface area contributed by atoms with Crippen LogP contribution in [0.25, 0.3) is 10.9 Å². The van der Waals surface area contributed by atoms with E-state index in [1.54, 1.807) is 11.0 Å². The molecule has 158 valence electrons. The molecular weight excluding hydrogens is 442 g/mol. The second-order valence-electron chi connectivity index (χ2n) is 7.80. The van der Waals surface area contributed by atoms with Crippen molar-refractivity contribution in [3.8, 4) is 0 Å². The average Bonchev–Trinajstić information content (AvgIpc) is 3.37. The maximum Gasteiger partial charge on any atom is 0.253 e. The van der Waals surface area contributed by atoms with Crippen LogP contribution in [0, 0.1) is 0 Å². The van der Waals surface area contributed by atoms with E-state index in [0.29, 0.717) is 23.0 Å². The van der Waals surface area contributed by atoms with Crippen molar-refractivity contribution < 1.29 is 13.2 Å². The van der Waals surface area contributed by atoms with Crippen LogP contribution < -0.4 is 0 Å². The van der Waals surface area contributed by atoms with Crippen molar-refractivity contribution in [3.63, 3.8) is 0 Å². The molecule has 3 heterocycles. The molecule has 1 saturated heterocycles. The minimum Gasteiger partial charge on any atom is -0.358 e. The topological polar surface area (TPSA) is 73.5 Å². The van der Waals surface area contributed by atoms with Gasteiger partial charge in [-0.3, -0.25) is 4.79 Å². The Morgan fingerprint density at radius 1 is 1.03 bits per heavy atom. The molecule has 0 spiro atoms. The highest BCUT2D eigenvalue weighted by atomic mass is 35.5. The van der Waals surface area contributed by atoms with Gasteiger partial charge in [-0.25, -0.2) is 8.42 Å². The first-order chi connectivity index (χ1) is 14.4. The molecule has 1 N–H and O–H groups in total. The molecule has 1 aromatic carbocycles. The lowest BCUT2D eigenvalue weighted by atomic mass is 9.95. The number of hydrogen-bond acceptors (Lipinski definition) is 4. The molecule has 0 unspecified atom stereocenters. The molecule has 0 radical (unpaired) electrons. The molecule has 2 aromatic heterocycles. The van der Waals surface area contributed by atoms with Gasteiger partial charge in [0.1, 0.15) is 4.21 Å². The normalized spacial score (nSPS) is 18.0. The van der Waals surface area contributed by atoms with Gasteiger partial charge in [-0.05, 0) is 61.6 Å². The zero-order valence-electron chi connectivity index (χ0n) is 16.4. The van der Waals surface area contributed by atoms with Crippen molar-refractivity contribution in [1.29, 1.82) is 0 Å². The smallest absolute Gasteiger partial charge is 0.253 e. The Morgan fingerprint density at radius 3 is 2.53 bits per heavy atom. The zero-order chi connectivity index (χ0) is 20.9. The van der Waals surface area contributed by atoms with Gasteiger partial charge >= 0.3 is 0 Å². The molecule has 0 atom stereocenters. The second kappa shape index (κ2) is 7.67. The standard InChI is InChI=1S/C21H22ClN3O3S2/c22-19-7-8-20(29-19)30(27,28)25-11-9-24(10-12-25)21(26)14-5-6-18-16(13-14)15-3-1-2-4-17(15)23-18/h5-8,13,23H,1-4,9-12H2. The second-order valence-corrected chi connectivity index (χ2v) is 11.7. The zero-order valence-corrected chi connectivity index (χ0v) is 18.7. The Kier molecular flexibility index (Phi) is 5.13. The van der Waals surface area contributed by atoms with E-state index in [1.807, 2.05) is 18.2 Å². The summed E-state index contributed by atoms with van der Waals surface area (Å²) in [7, 11) is -3.56. The highest BCUT2D eigenvalue weighted by Gasteiger charge is 2.31. The summed E-state index contributed by atoms with van der Waals surface area (Å²) in [4.78, 5) is 18.3. The summed E-state index contributed by atoms with van der Waals surface area (Å²) in [6, 6.07) is 8.97. The third kappa shape index (κ3) is 3.45. The lowest BCUT2D eigenvalue weighted by molar-refractivity contribution is 0.0698. The third-order valence-corrected chi connectivity index (χ3v) is 9.61. The van der Waals surface area contributed by atoms with Crippen LogP contribution in [0.3, 0.4) is 0 Å². The number of hydrogen-bond donors (Lipinski definition) is 1. The average molecular weight is 464 g/mol. The molecular formula is C21H22ClN3O3S2. The van der Waals surface area contributed by atoms with Crippen LogP contribution in [-0.4, -0.2) is 54.7 Å². The maximum absolute atomic E-state index is 13.1. The van der Waals surface area contributed by atoms with Crippen LogP contribution in [0.2, 0.25) is 4.34 Å². The number of aromatic amines is 1. The van der Waals surface area contributed by atoms with Crippen molar-refractivity contribution in [1.82, 2.24) is 14.2 Å². The number of aryl methyl sites for hydroxylation is 2. The Bertz CT molecular complexity index is 1220. The molecule has 2 aliphatic rings. The van der Waals surface area contributed by atoms with Crippen molar-refractivity contribution in [2.75, 3.05) is 26.2 Å². The van der Waals surface area contributed by atoms with E-state index < -0.39 is 10.0 Å². The largest absolute Gasteiger partial charge is 0.358 e. The van der Waals surface area contributed by atoms with Gasteiger partial charge in [0, 0.05) is 48.3 Å². The van der Waals surface area contributed by atoms with Crippen LogP contribution in [0.4, 0.5) is 0 Å². The van der Waals surface area contributed by atoms with Gasteiger partial charge in [-0.1, -0.05) is 11.6 Å². The van der Waals surface area contributed by atoms with E-state index in [9.17, 15) is 13.2 Å². The number of thiophene rings is 1. The Labute approximate surface area is 184 Å². The van der Waals surface area contributed by atoms with Crippen molar-refractivity contribution in [3.05, 3.63) is 51.5 Å². The Balaban J connectivity index is 1.32. The quantitative estimate of drug-likeness (QED) is 0.640. The first-order valence-corrected chi connectivity index (χ1v) is 12.8. The summed E-state index contributed by atoms with van der Waals surface area (Å²) >= 11 is 6.95. The number of halogens is 1. The van der Waals surface area contributed by atoms with Crippen molar-refractivity contribution >= 4 is 49.8 Å². The lowest BCUT2D eigenvalue weighted by Crippen LogP contribution is -2.50. The number of piperazine rings is 1. The van der Waals surface area contributed by atoms with E-state index in [1.165, 1.54) is 34.5 Å². The number of nitrogens with zero attached hydrogens (tertiary/aromatic N) is 2. The molecule has 1 aliphatic heterocycles. The van der Waals surface area contributed by atoms with Crippen LogP contribution in [-0.2, 0) is 22.9 Å². The highest BCUT2D eigenvalue weighted by molar-refractivity contribution is 7.91. The first-order valence-electron chi connectivity index (χ1n) is 10.1. The van der Waals surface area contributed by atoms with E-state index >= 15 is 0 Å². The molecule has 9 heteroatoms. The molecule has 6 nitrogen and oxygen atoms in total. The Hall–Kier alpha value is -1.87. The fourth-order valence-corrected chi connectivity index (χ4v) is 7.48. The number of aromatic nitrogens is 1. The summed E-state index contributed by atoms with van der Waals surface area (Å²) in [5.74, 6) is -0.0427. The van der Waals surface area contributed by atoms with Gasteiger partial charge in [0.25, 0.3) is 15.9 Å². The predicted octanol–water partition coefficient (Wildman–Crippen LogP) is 3.91. The van der Waals surface area contributed by atoms with E-state index in [0.717, 1.165) is 35.1 Å².